The Morgan fingerprint density at radius 3 is 2.10 bits per heavy atom. The molecule has 0 fully saturated rings. The van der Waals surface area contributed by atoms with E-state index in [4.69, 9.17) is 0 Å². The highest BCUT2D eigenvalue weighted by molar-refractivity contribution is 7.90. The van der Waals surface area contributed by atoms with Gasteiger partial charge >= 0.3 is 0 Å². The Morgan fingerprint density at radius 1 is 1.20 bits per heavy atom. The lowest BCUT2D eigenvalue weighted by molar-refractivity contribution is 0.224. The van der Waals surface area contributed by atoms with Gasteiger partial charge in [-0.3, -0.25) is 4.21 Å². The molecule has 1 aromatic carbocycles. The monoisotopic (exact) mass is 310 g/mol. The smallest absolute Gasteiger partial charge is 0.112 e. The van der Waals surface area contributed by atoms with Gasteiger partial charge in [0.1, 0.15) is 6.10 Å². The van der Waals surface area contributed by atoms with E-state index in [1.807, 2.05) is 51.1 Å². The molecule has 1 N–H and O–H groups in total. The zero-order valence-corrected chi connectivity index (χ0v) is 15.1. The summed E-state index contributed by atoms with van der Waals surface area (Å²) in [7, 11) is -2.78. The summed E-state index contributed by atoms with van der Waals surface area (Å²) in [4.78, 5) is 0.655. The van der Waals surface area contributed by atoms with Gasteiger partial charge in [0.05, 0.1) is 18.9 Å². The van der Waals surface area contributed by atoms with E-state index >= 15 is 0 Å². The molecule has 1 rings (SSSR count). The maximum Gasteiger partial charge on any atom is 0.112 e. The number of aliphatic hydroxyl groups excluding tert-OH is 1. The predicted octanol–water partition coefficient (Wildman–Crippen LogP) is 4.03. The van der Waals surface area contributed by atoms with Crippen LogP contribution in [0.15, 0.2) is 40.9 Å². The molecule has 0 bridgehead atoms. The first-order valence-electron chi connectivity index (χ1n) is 6.90. The lowest BCUT2D eigenvalue weighted by Crippen LogP contribution is -2.28. The van der Waals surface area contributed by atoms with Crippen molar-refractivity contribution in [3.8, 4) is 0 Å². The van der Waals surface area contributed by atoms with Gasteiger partial charge in [-0.25, -0.2) is 0 Å². The maximum atomic E-state index is 12.8. The summed E-state index contributed by atoms with van der Waals surface area (Å²) in [6.07, 6.45) is -0.789. The number of aliphatic hydroxyl groups is 1. The Bertz CT molecular complexity index is 495. The van der Waals surface area contributed by atoms with Crippen molar-refractivity contribution in [2.75, 3.05) is 0 Å². The second-order valence-electron chi connectivity index (χ2n) is 7.11. The first kappa shape index (κ1) is 17.3. The highest BCUT2D eigenvalue weighted by Crippen LogP contribution is 2.31. The third-order valence-electron chi connectivity index (χ3n) is 2.73. The molecule has 20 heavy (non-hydrogen) atoms. The molecule has 0 aliphatic heterocycles. The van der Waals surface area contributed by atoms with Crippen molar-refractivity contribution in [1.29, 1.82) is 0 Å². The van der Waals surface area contributed by atoms with Gasteiger partial charge in [-0.1, -0.05) is 55.7 Å². The SMILES string of the molecule is CC(C)(C)[S@](=O)/C(=C/[Si](C)(C)C)[C@@H](O)c1ccccc1. The van der Waals surface area contributed by atoms with Crippen molar-refractivity contribution in [1.82, 2.24) is 0 Å². The number of hydrogen-bond acceptors (Lipinski definition) is 2. The summed E-state index contributed by atoms with van der Waals surface area (Å²) in [5.41, 5.74) is 2.88. The second-order valence-corrected chi connectivity index (χ2v) is 14.4. The highest BCUT2D eigenvalue weighted by atomic mass is 32.2. The van der Waals surface area contributed by atoms with Crippen LogP contribution in [-0.2, 0) is 10.8 Å². The molecule has 2 atom stereocenters. The molecule has 2 nitrogen and oxygen atoms in total. The lowest BCUT2D eigenvalue weighted by Gasteiger charge is -2.26. The van der Waals surface area contributed by atoms with Crippen LogP contribution in [-0.4, -0.2) is 22.1 Å². The molecular weight excluding hydrogens is 284 g/mol. The molecule has 0 aromatic heterocycles. The minimum atomic E-state index is -1.57. The molecule has 0 aliphatic rings. The van der Waals surface area contributed by atoms with Crippen LogP contribution >= 0.6 is 0 Å². The molecule has 4 heteroatoms. The van der Waals surface area contributed by atoms with E-state index in [2.05, 4.69) is 25.3 Å². The van der Waals surface area contributed by atoms with Crippen molar-refractivity contribution >= 4 is 18.9 Å². The molecule has 112 valence electrons. The molecule has 0 spiro atoms. The van der Waals surface area contributed by atoms with Gasteiger partial charge < -0.3 is 5.11 Å². The Morgan fingerprint density at radius 2 is 1.70 bits per heavy atom. The van der Waals surface area contributed by atoms with E-state index in [9.17, 15) is 9.32 Å². The van der Waals surface area contributed by atoms with Crippen LogP contribution in [0.4, 0.5) is 0 Å². The Balaban J connectivity index is 3.26. The van der Waals surface area contributed by atoms with Crippen LogP contribution in [0.3, 0.4) is 0 Å². The third kappa shape index (κ3) is 5.00. The first-order valence-corrected chi connectivity index (χ1v) is 11.6. The predicted molar refractivity (Wildman–Crippen MR) is 90.7 cm³/mol. The summed E-state index contributed by atoms with van der Waals surface area (Å²) in [6.45, 7) is 12.4. The summed E-state index contributed by atoms with van der Waals surface area (Å²) in [6, 6.07) is 9.46. The molecule has 0 saturated heterocycles. The standard InChI is InChI=1S/C16H26O2SSi/c1-16(2,3)19(18)14(12-20(4,5)6)15(17)13-10-8-7-9-11-13/h7-12,15,17H,1-6H3/b14-12+/t15-,19+/m0/s1. The van der Waals surface area contributed by atoms with E-state index in [0.717, 1.165) is 5.56 Å². The van der Waals surface area contributed by atoms with Crippen LogP contribution < -0.4 is 0 Å². The van der Waals surface area contributed by atoms with Crippen LogP contribution in [0.2, 0.25) is 19.6 Å². The van der Waals surface area contributed by atoms with Crippen LogP contribution in [0, 0.1) is 0 Å². The number of rotatable bonds is 4. The fourth-order valence-electron chi connectivity index (χ4n) is 1.81. The molecular formula is C16H26O2SSi. The Kier molecular flexibility index (Phi) is 5.52. The van der Waals surface area contributed by atoms with Gasteiger partial charge in [0.25, 0.3) is 0 Å². The fraction of sp³-hybridized carbons (Fsp3) is 0.500. The van der Waals surface area contributed by atoms with Crippen molar-refractivity contribution in [2.45, 2.75) is 51.3 Å². The normalized spacial score (nSPS) is 16.9. The fourth-order valence-corrected chi connectivity index (χ4v) is 5.36. The maximum absolute atomic E-state index is 12.8. The van der Waals surface area contributed by atoms with Crippen LogP contribution in [0.5, 0.6) is 0 Å². The Labute approximate surface area is 126 Å². The van der Waals surface area contributed by atoms with Gasteiger partial charge in [0.15, 0.2) is 0 Å². The lowest BCUT2D eigenvalue weighted by atomic mass is 10.1. The second kappa shape index (κ2) is 6.37. The largest absolute Gasteiger partial charge is 0.383 e. The third-order valence-corrected chi connectivity index (χ3v) is 6.00. The number of benzene rings is 1. The summed E-state index contributed by atoms with van der Waals surface area (Å²) in [5.74, 6) is 0. The van der Waals surface area contributed by atoms with Gasteiger partial charge in [0.2, 0.25) is 0 Å². The van der Waals surface area contributed by atoms with E-state index in [1.165, 1.54) is 0 Å². The molecule has 0 saturated carbocycles. The zero-order chi connectivity index (χ0) is 15.6. The average molecular weight is 311 g/mol. The average Bonchev–Trinajstić information content (AvgIpc) is 2.33. The summed E-state index contributed by atoms with van der Waals surface area (Å²) >= 11 is 0. The van der Waals surface area contributed by atoms with Crippen molar-refractivity contribution in [3.63, 3.8) is 0 Å². The van der Waals surface area contributed by atoms with Crippen molar-refractivity contribution in [3.05, 3.63) is 46.5 Å². The zero-order valence-electron chi connectivity index (χ0n) is 13.3. The molecule has 1 aromatic rings. The van der Waals surface area contributed by atoms with E-state index in [0.29, 0.717) is 4.91 Å². The molecule has 0 heterocycles. The van der Waals surface area contributed by atoms with Gasteiger partial charge in [-0.15, -0.1) is 0 Å². The van der Waals surface area contributed by atoms with Gasteiger partial charge in [0, 0.05) is 9.65 Å². The van der Waals surface area contributed by atoms with Crippen molar-refractivity contribution < 1.29 is 9.32 Å². The molecule has 0 amide bonds. The number of hydrogen-bond donors (Lipinski definition) is 1. The minimum Gasteiger partial charge on any atom is -0.383 e. The van der Waals surface area contributed by atoms with Crippen molar-refractivity contribution in [2.24, 2.45) is 0 Å². The van der Waals surface area contributed by atoms with Crippen LogP contribution in [0.25, 0.3) is 0 Å². The quantitative estimate of drug-likeness (QED) is 0.853. The first-order chi connectivity index (χ1) is 9.02. The highest BCUT2D eigenvalue weighted by Gasteiger charge is 2.30. The van der Waals surface area contributed by atoms with E-state index < -0.39 is 25.0 Å². The van der Waals surface area contributed by atoms with Gasteiger partial charge in [-0.05, 0) is 26.3 Å². The van der Waals surface area contributed by atoms with E-state index in [-0.39, 0.29) is 4.75 Å². The van der Waals surface area contributed by atoms with Crippen LogP contribution in [0.1, 0.15) is 32.4 Å². The van der Waals surface area contributed by atoms with E-state index in [1.54, 1.807) is 0 Å². The molecule has 0 aliphatic carbocycles. The summed E-state index contributed by atoms with van der Waals surface area (Å²) < 4.78 is 12.4. The Hall–Kier alpha value is -0.713. The summed E-state index contributed by atoms with van der Waals surface area (Å²) in [5, 5.41) is 10.6. The molecule has 0 unspecified atom stereocenters. The molecule has 0 radical (unpaired) electrons. The van der Waals surface area contributed by atoms with Gasteiger partial charge in [-0.2, -0.15) is 0 Å². The topological polar surface area (TPSA) is 37.3 Å². The minimum absolute atomic E-state index is 0.374.